The van der Waals surface area contributed by atoms with Crippen LogP contribution in [0.4, 0.5) is 0 Å². The topological polar surface area (TPSA) is 26.7 Å². The lowest BCUT2D eigenvalue weighted by atomic mass is 10.0. The SMILES string of the molecule is CC(c1ccccc1)N1CCN(C)CC1CCO. The molecule has 18 heavy (non-hydrogen) atoms. The van der Waals surface area contributed by atoms with Crippen LogP contribution in [0.3, 0.4) is 0 Å². The molecule has 1 aromatic carbocycles. The van der Waals surface area contributed by atoms with Crippen molar-refractivity contribution in [3.05, 3.63) is 35.9 Å². The minimum absolute atomic E-state index is 0.274. The van der Waals surface area contributed by atoms with Gasteiger partial charge in [0.2, 0.25) is 0 Å². The molecule has 1 saturated heterocycles. The van der Waals surface area contributed by atoms with Crippen LogP contribution in [0, 0.1) is 0 Å². The lowest BCUT2D eigenvalue weighted by Gasteiger charge is -2.43. The average Bonchev–Trinajstić information content (AvgIpc) is 2.40. The van der Waals surface area contributed by atoms with Gasteiger partial charge in [0.15, 0.2) is 0 Å². The van der Waals surface area contributed by atoms with Gasteiger partial charge in [0.05, 0.1) is 0 Å². The molecule has 2 unspecified atom stereocenters. The minimum Gasteiger partial charge on any atom is -0.396 e. The van der Waals surface area contributed by atoms with Crippen molar-refractivity contribution in [3.63, 3.8) is 0 Å². The highest BCUT2D eigenvalue weighted by atomic mass is 16.3. The number of likely N-dealkylation sites (N-methyl/N-ethyl adjacent to an activating group) is 1. The molecule has 0 radical (unpaired) electrons. The number of aliphatic hydroxyl groups is 1. The first-order valence-corrected chi connectivity index (χ1v) is 6.82. The summed E-state index contributed by atoms with van der Waals surface area (Å²) in [6.45, 7) is 5.79. The van der Waals surface area contributed by atoms with Gasteiger partial charge in [-0.05, 0) is 26.0 Å². The van der Waals surface area contributed by atoms with Gasteiger partial charge in [0, 0.05) is 38.3 Å². The highest BCUT2D eigenvalue weighted by Crippen LogP contribution is 2.25. The van der Waals surface area contributed by atoms with Crippen LogP contribution in [-0.2, 0) is 0 Å². The van der Waals surface area contributed by atoms with Gasteiger partial charge in [0.25, 0.3) is 0 Å². The van der Waals surface area contributed by atoms with E-state index in [1.54, 1.807) is 0 Å². The van der Waals surface area contributed by atoms with Crippen LogP contribution in [0.5, 0.6) is 0 Å². The first kappa shape index (κ1) is 13.5. The summed E-state index contributed by atoms with van der Waals surface area (Å²) in [6, 6.07) is 11.5. The molecule has 0 bridgehead atoms. The van der Waals surface area contributed by atoms with Crippen molar-refractivity contribution >= 4 is 0 Å². The molecule has 1 fully saturated rings. The van der Waals surface area contributed by atoms with Crippen LogP contribution in [0.15, 0.2) is 30.3 Å². The standard InChI is InChI=1S/C15H24N2O/c1-13(14-6-4-3-5-7-14)17-10-9-16(2)12-15(17)8-11-18/h3-7,13,15,18H,8-12H2,1-2H3. The number of hydrogen-bond donors (Lipinski definition) is 1. The Morgan fingerprint density at radius 1 is 1.28 bits per heavy atom. The van der Waals surface area contributed by atoms with Crippen LogP contribution >= 0.6 is 0 Å². The lowest BCUT2D eigenvalue weighted by Crippen LogP contribution is -2.52. The molecule has 1 N–H and O–H groups in total. The second-order valence-electron chi connectivity index (χ2n) is 5.25. The monoisotopic (exact) mass is 248 g/mol. The average molecular weight is 248 g/mol. The predicted molar refractivity (Wildman–Crippen MR) is 74.6 cm³/mol. The molecule has 3 nitrogen and oxygen atoms in total. The third kappa shape index (κ3) is 3.10. The van der Waals surface area contributed by atoms with Crippen LogP contribution in [0.1, 0.15) is 24.9 Å². The highest BCUT2D eigenvalue weighted by molar-refractivity contribution is 5.18. The van der Waals surface area contributed by atoms with Crippen molar-refractivity contribution in [2.24, 2.45) is 0 Å². The maximum atomic E-state index is 9.23. The van der Waals surface area contributed by atoms with Crippen molar-refractivity contribution in [1.82, 2.24) is 9.80 Å². The first-order valence-electron chi connectivity index (χ1n) is 6.82. The normalized spacial score (nSPS) is 24.1. The molecule has 0 amide bonds. The Hall–Kier alpha value is -0.900. The van der Waals surface area contributed by atoms with E-state index in [4.69, 9.17) is 0 Å². The van der Waals surface area contributed by atoms with Gasteiger partial charge in [-0.2, -0.15) is 0 Å². The Kier molecular flexibility index (Phi) is 4.75. The van der Waals surface area contributed by atoms with Gasteiger partial charge in [-0.3, -0.25) is 4.90 Å². The van der Waals surface area contributed by atoms with Crippen molar-refractivity contribution < 1.29 is 5.11 Å². The van der Waals surface area contributed by atoms with E-state index in [-0.39, 0.29) is 6.61 Å². The van der Waals surface area contributed by atoms with E-state index >= 15 is 0 Å². The summed E-state index contributed by atoms with van der Waals surface area (Å²) in [5.74, 6) is 0. The maximum Gasteiger partial charge on any atom is 0.0446 e. The van der Waals surface area contributed by atoms with Gasteiger partial charge < -0.3 is 10.0 Å². The molecule has 0 aliphatic carbocycles. The quantitative estimate of drug-likeness (QED) is 0.879. The molecule has 1 aromatic rings. The molecule has 1 heterocycles. The Morgan fingerprint density at radius 3 is 2.67 bits per heavy atom. The van der Waals surface area contributed by atoms with Gasteiger partial charge in [0.1, 0.15) is 0 Å². The van der Waals surface area contributed by atoms with Crippen LogP contribution in [0.2, 0.25) is 0 Å². The number of aliphatic hydroxyl groups excluding tert-OH is 1. The van der Waals surface area contributed by atoms with E-state index in [0.717, 1.165) is 26.1 Å². The van der Waals surface area contributed by atoms with Gasteiger partial charge in [-0.1, -0.05) is 30.3 Å². The van der Waals surface area contributed by atoms with Crippen molar-refractivity contribution in [1.29, 1.82) is 0 Å². The molecule has 1 aliphatic rings. The summed E-state index contributed by atoms with van der Waals surface area (Å²) in [7, 11) is 2.16. The summed E-state index contributed by atoms with van der Waals surface area (Å²) < 4.78 is 0. The van der Waals surface area contributed by atoms with Crippen molar-refractivity contribution in [2.75, 3.05) is 33.3 Å². The van der Waals surface area contributed by atoms with Crippen LogP contribution in [0.25, 0.3) is 0 Å². The van der Waals surface area contributed by atoms with E-state index < -0.39 is 0 Å². The predicted octanol–water partition coefficient (Wildman–Crippen LogP) is 1.75. The summed E-state index contributed by atoms with van der Waals surface area (Å²) in [6.07, 6.45) is 0.863. The molecular formula is C15H24N2O. The fourth-order valence-corrected chi connectivity index (χ4v) is 2.86. The Morgan fingerprint density at radius 2 is 2.00 bits per heavy atom. The molecule has 3 heteroatoms. The molecule has 1 aliphatic heterocycles. The van der Waals surface area contributed by atoms with Crippen molar-refractivity contribution in [3.8, 4) is 0 Å². The van der Waals surface area contributed by atoms with E-state index in [2.05, 4.69) is 54.1 Å². The molecule has 2 rings (SSSR count). The molecule has 0 aromatic heterocycles. The third-order valence-corrected chi connectivity index (χ3v) is 3.97. The third-order valence-electron chi connectivity index (χ3n) is 3.97. The summed E-state index contributed by atoms with van der Waals surface area (Å²) >= 11 is 0. The number of nitrogens with zero attached hydrogens (tertiary/aromatic N) is 2. The summed E-state index contributed by atoms with van der Waals surface area (Å²) in [5.41, 5.74) is 1.37. The van der Waals surface area contributed by atoms with Gasteiger partial charge >= 0.3 is 0 Å². The summed E-state index contributed by atoms with van der Waals surface area (Å²) in [4.78, 5) is 4.89. The molecular weight excluding hydrogens is 224 g/mol. The molecule has 100 valence electrons. The van der Waals surface area contributed by atoms with E-state index in [1.165, 1.54) is 5.56 Å². The van der Waals surface area contributed by atoms with E-state index in [1.807, 2.05) is 0 Å². The number of piperazine rings is 1. The zero-order valence-corrected chi connectivity index (χ0v) is 11.4. The Balaban J connectivity index is 2.09. The second kappa shape index (κ2) is 6.32. The Bertz CT molecular complexity index is 355. The van der Waals surface area contributed by atoms with E-state index in [9.17, 15) is 5.11 Å². The largest absolute Gasteiger partial charge is 0.396 e. The molecule has 0 spiro atoms. The first-order chi connectivity index (χ1) is 8.72. The summed E-state index contributed by atoms with van der Waals surface area (Å²) in [5, 5.41) is 9.23. The van der Waals surface area contributed by atoms with Crippen molar-refractivity contribution in [2.45, 2.75) is 25.4 Å². The number of hydrogen-bond acceptors (Lipinski definition) is 3. The molecule has 0 saturated carbocycles. The smallest absolute Gasteiger partial charge is 0.0446 e. The maximum absolute atomic E-state index is 9.23. The van der Waals surface area contributed by atoms with Gasteiger partial charge in [-0.25, -0.2) is 0 Å². The fraction of sp³-hybridized carbons (Fsp3) is 0.600. The highest BCUT2D eigenvalue weighted by Gasteiger charge is 2.28. The lowest BCUT2D eigenvalue weighted by molar-refractivity contribution is 0.0437. The number of rotatable bonds is 4. The number of benzene rings is 1. The van der Waals surface area contributed by atoms with Crippen LogP contribution < -0.4 is 0 Å². The zero-order valence-electron chi connectivity index (χ0n) is 11.4. The Labute approximate surface area is 110 Å². The zero-order chi connectivity index (χ0) is 13.0. The minimum atomic E-state index is 0.274. The molecule has 2 atom stereocenters. The second-order valence-corrected chi connectivity index (χ2v) is 5.25. The van der Waals surface area contributed by atoms with E-state index in [0.29, 0.717) is 12.1 Å². The van der Waals surface area contributed by atoms with Gasteiger partial charge in [-0.15, -0.1) is 0 Å². The fourth-order valence-electron chi connectivity index (χ4n) is 2.86. The van der Waals surface area contributed by atoms with Crippen LogP contribution in [-0.4, -0.2) is 54.2 Å².